The molecule has 1 N–H and O–H groups in total. The monoisotopic (exact) mass is 425 g/mol. The molecule has 7 nitrogen and oxygen atoms in total. The summed E-state index contributed by atoms with van der Waals surface area (Å²) in [5.74, 6) is -1.50. The second-order valence-electron chi connectivity index (χ2n) is 5.56. The van der Waals surface area contributed by atoms with Gasteiger partial charge in [0.05, 0.1) is 17.7 Å². The minimum Gasteiger partial charge on any atom is -0.477 e. The van der Waals surface area contributed by atoms with Gasteiger partial charge in [-0.1, -0.05) is 23.2 Å². The number of nitrogens with one attached hydrogen (secondary N) is 1. The van der Waals surface area contributed by atoms with Crippen LogP contribution in [0.15, 0.2) is 42.5 Å². The van der Waals surface area contributed by atoms with Gasteiger partial charge in [0.1, 0.15) is 5.75 Å². The van der Waals surface area contributed by atoms with Gasteiger partial charge in [0.25, 0.3) is 5.91 Å². The first-order valence-electron chi connectivity index (χ1n) is 8.06. The van der Waals surface area contributed by atoms with Crippen LogP contribution in [0.5, 0.6) is 5.75 Å². The molecule has 2 aromatic carbocycles. The van der Waals surface area contributed by atoms with Crippen LogP contribution in [0.3, 0.4) is 0 Å². The summed E-state index contributed by atoms with van der Waals surface area (Å²) < 4.78 is 14.9. The van der Waals surface area contributed by atoms with Gasteiger partial charge in [-0.25, -0.2) is 9.59 Å². The summed E-state index contributed by atoms with van der Waals surface area (Å²) in [6.07, 6.45) is -0.981. The Kier molecular flexibility index (Phi) is 7.66. The van der Waals surface area contributed by atoms with Gasteiger partial charge in [0.2, 0.25) is 0 Å². The van der Waals surface area contributed by atoms with E-state index in [4.69, 9.17) is 32.7 Å². The first kappa shape index (κ1) is 21.5. The van der Waals surface area contributed by atoms with Crippen molar-refractivity contribution in [2.24, 2.45) is 0 Å². The molecule has 0 radical (unpaired) electrons. The van der Waals surface area contributed by atoms with Crippen LogP contribution in [-0.4, -0.2) is 37.7 Å². The van der Waals surface area contributed by atoms with Crippen LogP contribution >= 0.6 is 23.2 Å². The molecule has 148 valence electrons. The smallest absolute Gasteiger partial charge is 0.347 e. The molecule has 1 atom stereocenters. The summed E-state index contributed by atoms with van der Waals surface area (Å²) in [5.41, 5.74) is 0.782. The number of esters is 2. The van der Waals surface area contributed by atoms with E-state index in [-0.39, 0.29) is 10.8 Å². The van der Waals surface area contributed by atoms with Crippen molar-refractivity contribution in [3.8, 4) is 5.75 Å². The number of carbonyl (C=O) groups is 3. The Morgan fingerprint density at radius 2 is 1.75 bits per heavy atom. The molecule has 0 unspecified atom stereocenters. The van der Waals surface area contributed by atoms with E-state index in [1.165, 1.54) is 50.4 Å². The molecule has 9 heteroatoms. The van der Waals surface area contributed by atoms with E-state index < -0.39 is 30.6 Å². The Bertz CT molecular complexity index is 869. The molecule has 0 fully saturated rings. The Balaban J connectivity index is 1.82. The number of benzene rings is 2. The number of hydrogen-bond acceptors (Lipinski definition) is 6. The van der Waals surface area contributed by atoms with Crippen molar-refractivity contribution in [1.82, 2.24) is 0 Å². The van der Waals surface area contributed by atoms with E-state index in [1.807, 2.05) is 0 Å². The molecule has 0 aliphatic heterocycles. The molecule has 0 aliphatic rings. The molecule has 0 saturated heterocycles. The van der Waals surface area contributed by atoms with Crippen molar-refractivity contribution in [1.29, 1.82) is 0 Å². The first-order chi connectivity index (χ1) is 13.3. The lowest BCUT2D eigenvalue weighted by atomic mass is 10.2. The third kappa shape index (κ3) is 6.14. The summed E-state index contributed by atoms with van der Waals surface area (Å²) in [7, 11) is 1.28. The number of hydrogen-bond donors (Lipinski definition) is 1. The van der Waals surface area contributed by atoms with Crippen LogP contribution in [0.2, 0.25) is 10.0 Å². The number of rotatable bonds is 7. The fourth-order valence-corrected chi connectivity index (χ4v) is 2.52. The van der Waals surface area contributed by atoms with Gasteiger partial charge in [-0.3, -0.25) is 4.79 Å². The van der Waals surface area contributed by atoms with Gasteiger partial charge in [0, 0.05) is 10.7 Å². The largest absolute Gasteiger partial charge is 0.477 e. The lowest BCUT2D eigenvalue weighted by molar-refractivity contribution is -0.153. The molecule has 0 aliphatic carbocycles. The van der Waals surface area contributed by atoms with Gasteiger partial charge < -0.3 is 19.5 Å². The van der Waals surface area contributed by atoms with Gasteiger partial charge in [0.15, 0.2) is 12.7 Å². The maximum Gasteiger partial charge on any atom is 0.347 e. The summed E-state index contributed by atoms with van der Waals surface area (Å²) >= 11 is 11.8. The number of amides is 1. The van der Waals surface area contributed by atoms with E-state index in [2.05, 4.69) is 10.1 Å². The summed E-state index contributed by atoms with van der Waals surface area (Å²) in [6, 6.07) is 10.6. The van der Waals surface area contributed by atoms with Crippen LogP contribution in [0.25, 0.3) is 0 Å². The molecule has 0 aromatic heterocycles. The second kappa shape index (κ2) is 9.96. The van der Waals surface area contributed by atoms with Crippen LogP contribution in [0.4, 0.5) is 5.69 Å². The molecule has 0 saturated carbocycles. The highest BCUT2D eigenvalue weighted by Crippen LogP contribution is 2.28. The third-order valence-corrected chi connectivity index (χ3v) is 4.00. The quantitative estimate of drug-likeness (QED) is 0.679. The zero-order valence-electron chi connectivity index (χ0n) is 15.0. The minimum absolute atomic E-state index is 0.250. The zero-order chi connectivity index (χ0) is 20.7. The molecule has 28 heavy (non-hydrogen) atoms. The summed E-state index contributed by atoms with van der Waals surface area (Å²) in [4.78, 5) is 35.3. The molecular weight excluding hydrogens is 409 g/mol. The lowest BCUT2D eigenvalue weighted by Gasteiger charge is -2.15. The number of ether oxygens (including phenoxy) is 3. The maximum absolute atomic E-state index is 12.0. The highest BCUT2D eigenvalue weighted by Gasteiger charge is 2.19. The Morgan fingerprint density at radius 3 is 2.36 bits per heavy atom. The molecule has 0 spiro atoms. The van der Waals surface area contributed by atoms with Crippen LogP contribution in [0, 0.1) is 0 Å². The SMILES string of the molecule is COC(=O)c1ccc(NC(=O)COC(=O)[C@H](C)Oc2ccc(Cl)cc2Cl)cc1. The number of methoxy groups -OCH3 is 1. The zero-order valence-corrected chi connectivity index (χ0v) is 16.5. The second-order valence-corrected chi connectivity index (χ2v) is 6.40. The van der Waals surface area contributed by atoms with Crippen LogP contribution < -0.4 is 10.1 Å². The average Bonchev–Trinajstić information content (AvgIpc) is 2.68. The molecule has 1 amide bonds. The van der Waals surface area contributed by atoms with Gasteiger partial charge in [-0.2, -0.15) is 0 Å². The molecule has 0 bridgehead atoms. The fourth-order valence-electron chi connectivity index (χ4n) is 2.07. The fraction of sp³-hybridized carbons (Fsp3) is 0.211. The topological polar surface area (TPSA) is 90.9 Å². The lowest BCUT2D eigenvalue weighted by Crippen LogP contribution is -2.29. The molecule has 2 rings (SSSR count). The van der Waals surface area contributed by atoms with Crippen molar-refractivity contribution < 1.29 is 28.6 Å². The predicted octanol–water partition coefficient (Wildman–Crippen LogP) is 3.73. The predicted molar refractivity (Wildman–Crippen MR) is 104 cm³/mol. The Hall–Kier alpha value is -2.77. The molecule has 0 heterocycles. The van der Waals surface area contributed by atoms with Gasteiger partial charge >= 0.3 is 11.9 Å². The van der Waals surface area contributed by atoms with Gasteiger partial charge in [-0.15, -0.1) is 0 Å². The number of carbonyl (C=O) groups excluding carboxylic acids is 3. The van der Waals surface area contributed by atoms with Crippen molar-refractivity contribution in [3.05, 3.63) is 58.1 Å². The summed E-state index contributed by atoms with van der Waals surface area (Å²) in [5, 5.41) is 3.22. The molecule has 2 aromatic rings. The van der Waals surface area contributed by atoms with E-state index in [0.29, 0.717) is 16.3 Å². The Morgan fingerprint density at radius 1 is 1.07 bits per heavy atom. The maximum atomic E-state index is 12.0. The van der Waals surface area contributed by atoms with Crippen LogP contribution in [0.1, 0.15) is 17.3 Å². The van der Waals surface area contributed by atoms with E-state index >= 15 is 0 Å². The van der Waals surface area contributed by atoms with Crippen molar-refractivity contribution >= 4 is 46.7 Å². The minimum atomic E-state index is -0.981. The molecular formula is C19H17Cl2NO6. The number of anilines is 1. The van der Waals surface area contributed by atoms with E-state index in [9.17, 15) is 14.4 Å². The highest BCUT2D eigenvalue weighted by molar-refractivity contribution is 6.35. The van der Waals surface area contributed by atoms with E-state index in [0.717, 1.165) is 0 Å². The standard InChI is InChI=1S/C19H17Cl2NO6/c1-11(28-16-8-5-13(20)9-15(16)21)18(24)27-10-17(23)22-14-6-3-12(4-7-14)19(25)26-2/h3-9,11H,10H2,1-2H3,(H,22,23)/t11-/m0/s1. The van der Waals surface area contributed by atoms with Crippen LogP contribution in [-0.2, 0) is 19.1 Å². The Labute approximate surface area is 171 Å². The van der Waals surface area contributed by atoms with Crippen molar-refractivity contribution in [3.63, 3.8) is 0 Å². The highest BCUT2D eigenvalue weighted by atomic mass is 35.5. The van der Waals surface area contributed by atoms with E-state index in [1.54, 1.807) is 6.07 Å². The van der Waals surface area contributed by atoms with Crippen molar-refractivity contribution in [2.75, 3.05) is 19.0 Å². The summed E-state index contributed by atoms with van der Waals surface area (Å²) in [6.45, 7) is 0.969. The third-order valence-electron chi connectivity index (χ3n) is 3.46. The van der Waals surface area contributed by atoms with Crippen molar-refractivity contribution in [2.45, 2.75) is 13.0 Å². The normalized spacial score (nSPS) is 11.3. The van der Waals surface area contributed by atoms with Gasteiger partial charge in [-0.05, 0) is 49.4 Å². The first-order valence-corrected chi connectivity index (χ1v) is 8.82. The number of halogens is 2. The average molecular weight is 426 g/mol.